The number of nitrogens with one attached hydrogen (secondary N) is 1. The standard InChI is InChI=1S/C14H22F2N2O2S/c1-14(2,10-18(3)4)9-17-11-5-7-12(8-6-11)21(19,20)13(15)16/h5-8,13,17H,9-10H2,1-4H3. The lowest BCUT2D eigenvalue weighted by atomic mass is 9.93. The Morgan fingerprint density at radius 2 is 1.71 bits per heavy atom. The number of hydrogen-bond acceptors (Lipinski definition) is 4. The van der Waals surface area contributed by atoms with E-state index in [-0.39, 0.29) is 10.3 Å². The third-order valence-corrected chi connectivity index (χ3v) is 4.33. The first-order valence-corrected chi connectivity index (χ1v) is 8.10. The van der Waals surface area contributed by atoms with Gasteiger partial charge in [-0.05, 0) is 43.8 Å². The summed E-state index contributed by atoms with van der Waals surface area (Å²) in [6, 6.07) is 5.40. The van der Waals surface area contributed by atoms with Crippen molar-refractivity contribution in [3.8, 4) is 0 Å². The van der Waals surface area contributed by atoms with Crippen LogP contribution in [0.4, 0.5) is 14.5 Å². The minimum Gasteiger partial charge on any atom is -0.384 e. The molecule has 21 heavy (non-hydrogen) atoms. The lowest BCUT2D eigenvalue weighted by Gasteiger charge is -2.28. The van der Waals surface area contributed by atoms with Gasteiger partial charge in [0, 0.05) is 18.8 Å². The van der Waals surface area contributed by atoms with Crippen LogP contribution in [0.1, 0.15) is 13.8 Å². The van der Waals surface area contributed by atoms with Crippen LogP contribution in [0.25, 0.3) is 0 Å². The van der Waals surface area contributed by atoms with E-state index < -0.39 is 15.6 Å². The average molecular weight is 320 g/mol. The Bertz CT molecular complexity index is 555. The van der Waals surface area contributed by atoms with Gasteiger partial charge in [-0.2, -0.15) is 8.78 Å². The third-order valence-electron chi connectivity index (χ3n) is 2.93. The van der Waals surface area contributed by atoms with Crippen molar-refractivity contribution in [1.29, 1.82) is 0 Å². The molecule has 120 valence electrons. The predicted octanol–water partition coefficient (Wildman–Crippen LogP) is 2.68. The molecule has 4 nitrogen and oxygen atoms in total. The summed E-state index contributed by atoms with van der Waals surface area (Å²) in [6.45, 7) is 5.79. The summed E-state index contributed by atoms with van der Waals surface area (Å²) in [6.07, 6.45) is 0. The van der Waals surface area contributed by atoms with Gasteiger partial charge in [0.25, 0.3) is 0 Å². The number of anilines is 1. The predicted molar refractivity (Wildman–Crippen MR) is 80.5 cm³/mol. The van der Waals surface area contributed by atoms with E-state index in [1.165, 1.54) is 24.3 Å². The molecule has 0 unspecified atom stereocenters. The maximum Gasteiger partial charge on any atom is 0.341 e. The number of alkyl halides is 2. The van der Waals surface area contributed by atoms with Crippen LogP contribution < -0.4 is 5.32 Å². The second kappa shape index (κ2) is 6.70. The summed E-state index contributed by atoms with van der Waals surface area (Å²) in [5.74, 6) is -3.39. The summed E-state index contributed by atoms with van der Waals surface area (Å²) in [7, 11) is -0.537. The highest BCUT2D eigenvalue weighted by Gasteiger charge is 2.26. The molecule has 7 heteroatoms. The quantitative estimate of drug-likeness (QED) is 0.839. The van der Waals surface area contributed by atoms with Gasteiger partial charge in [-0.25, -0.2) is 8.42 Å². The van der Waals surface area contributed by atoms with E-state index in [9.17, 15) is 17.2 Å². The molecule has 0 saturated carbocycles. The molecule has 0 atom stereocenters. The fourth-order valence-electron chi connectivity index (χ4n) is 2.12. The van der Waals surface area contributed by atoms with E-state index in [0.717, 1.165) is 6.54 Å². The van der Waals surface area contributed by atoms with E-state index in [4.69, 9.17) is 0 Å². The first-order valence-electron chi connectivity index (χ1n) is 6.55. The molecule has 1 rings (SSSR count). The van der Waals surface area contributed by atoms with Gasteiger partial charge in [-0.3, -0.25) is 0 Å². The van der Waals surface area contributed by atoms with E-state index in [2.05, 4.69) is 24.1 Å². The Kier molecular flexibility index (Phi) is 5.69. The molecule has 1 aromatic rings. The van der Waals surface area contributed by atoms with E-state index >= 15 is 0 Å². The summed E-state index contributed by atoms with van der Waals surface area (Å²) in [5.41, 5.74) is 0.729. The number of sulfone groups is 1. The smallest absolute Gasteiger partial charge is 0.341 e. The summed E-state index contributed by atoms with van der Waals surface area (Å²) < 4.78 is 47.4. The zero-order valence-corrected chi connectivity index (χ0v) is 13.5. The molecule has 0 saturated heterocycles. The molecule has 1 N–H and O–H groups in total. The van der Waals surface area contributed by atoms with Crippen molar-refractivity contribution >= 4 is 15.5 Å². The van der Waals surface area contributed by atoms with Gasteiger partial charge in [0.15, 0.2) is 0 Å². The zero-order valence-electron chi connectivity index (χ0n) is 12.7. The monoisotopic (exact) mass is 320 g/mol. The molecule has 0 aliphatic rings. The van der Waals surface area contributed by atoms with Gasteiger partial charge in [-0.15, -0.1) is 0 Å². The van der Waals surface area contributed by atoms with Crippen LogP contribution in [0.3, 0.4) is 0 Å². The largest absolute Gasteiger partial charge is 0.384 e. The minimum absolute atomic E-state index is 0.0250. The molecular formula is C14H22F2N2O2S. The molecule has 1 aromatic carbocycles. The van der Waals surface area contributed by atoms with Crippen LogP contribution in [0.15, 0.2) is 29.2 Å². The van der Waals surface area contributed by atoms with E-state index in [1.807, 2.05) is 14.1 Å². The van der Waals surface area contributed by atoms with Crippen LogP contribution in [0, 0.1) is 5.41 Å². The lowest BCUT2D eigenvalue weighted by Crippen LogP contribution is -2.34. The van der Waals surface area contributed by atoms with Gasteiger partial charge in [0.05, 0.1) is 4.90 Å². The summed E-state index contributed by atoms with van der Waals surface area (Å²) >= 11 is 0. The molecule has 0 amide bonds. The number of halogens is 2. The summed E-state index contributed by atoms with van der Waals surface area (Å²) in [4.78, 5) is 1.72. The van der Waals surface area contributed by atoms with E-state index in [1.54, 1.807) is 0 Å². The Balaban J connectivity index is 2.72. The maximum absolute atomic E-state index is 12.4. The Morgan fingerprint density at radius 1 is 1.19 bits per heavy atom. The molecule has 0 radical (unpaired) electrons. The van der Waals surface area contributed by atoms with Gasteiger partial charge >= 0.3 is 5.76 Å². The normalized spacial score (nSPS) is 13.0. The number of benzene rings is 1. The van der Waals surface area contributed by atoms with Gasteiger partial charge < -0.3 is 10.2 Å². The second-order valence-corrected chi connectivity index (χ2v) is 8.00. The van der Waals surface area contributed by atoms with Gasteiger partial charge in [-0.1, -0.05) is 13.8 Å². The molecule has 0 fully saturated rings. The SMILES string of the molecule is CN(C)CC(C)(C)CNc1ccc(S(=O)(=O)C(F)F)cc1. The average Bonchev–Trinajstić information content (AvgIpc) is 2.35. The highest BCUT2D eigenvalue weighted by molar-refractivity contribution is 7.91. The minimum atomic E-state index is -4.52. The van der Waals surface area contributed by atoms with Crippen molar-refractivity contribution in [2.75, 3.05) is 32.5 Å². The molecule has 0 bridgehead atoms. The van der Waals surface area contributed by atoms with Crippen LogP contribution in [-0.4, -0.2) is 46.3 Å². The highest BCUT2D eigenvalue weighted by atomic mass is 32.2. The fourth-order valence-corrected chi connectivity index (χ4v) is 2.84. The van der Waals surface area contributed by atoms with Crippen molar-refractivity contribution in [3.05, 3.63) is 24.3 Å². The Labute approximate surface area is 125 Å². The highest BCUT2D eigenvalue weighted by Crippen LogP contribution is 2.22. The molecular weight excluding hydrogens is 298 g/mol. The number of hydrogen-bond donors (Lipinski definition) is 1. The van der Waals surface area contributed by atoms with Crippen LogP contribution >= 0.6 is 0 Å². The Hall–Kier alpha value is -1.21. The van der Waals surface area contributed by atoms with Crippen LogP contribution in [-0.2, 0) is 9.84 Å². The van der Waals surface area contributed by atoms with Crippen molar-refractivity contribution in [2.24, 2.45) is 5.41 Å². The van der Waals surface area contributed by atoms with E-state index in [0.29, 0.717) is 12.2 Å². The molecule has 0 heterocycles. The number of rotatable bonds is 7. The van der Waals surface area contributed by atoms with Crippen LogP contribution in [0.2, 0.25) is 0 Å². The first kappa shape index (κ1) is 17.8. The zero-order chi connectivity index (χ0) is 16.3. The van der Waals surface area contributed by atoms with Crippen molar-refractivity contribution in [2.45, 2.75) is 24.5 Å². The van der Waals surface area contributed by atoms with Crippen LogP contribution in [0.5, 0.6) is 0 Å². The maximum atomic E-state index is 12.4. The van der Waals surface area contributed by atoms with Crippen molar-refractivity contribution in [1.82, 2.24) is 4.90 Å². The Morgan fingerprint density at radius 3 is 2.14 bits per heavy atom. The van der Waals surface area contributed by atoms with Gasteiger partial charge in [0.1, 0.15) is 0 Å². The second-order valence-electron chi connectivity index (χ2n) is 6.09. The van der Waals surface area contributed by atoms with Gasteiger partial charge in [0.2, 0.25) is 9.84 Å². The van der Waals surface area contributed by atoms with Crippen molar-refractivity contribution in [3.63, 3.8) is 0 Å². The molecule has 0 aliphatic heterocycles. The molecule has 0 aromatic heterocycles. The fraction of sp³-hybridized carbons (Fsp3) is 0.571. The lowest BCUT2D eigenvalue weighted by molar-refractivity contribution is 0.234. The molecule has 0 aliphatic carbocycles. The van der Waals surface area contributed by atoms with Crippen molar-refractivity contribution < 1.29 is 17.2 Å². The molecule has 0 spiro atoms. The topological polar surface area (TPSA) is 49.4 Å². The first-order chi connectivity index (χ1) is 9.54. The summed E-state index contributed by atoms with van der Waals surface area (Å²) in [5, 5.41) is 3.19. The third kappa shape index (κ3) is 5.24. The number of nitrogens with zero attached hydrogens (tertiary/aromatic N) is 1.